The van der Waals surface area contributed by atoms with E-state index < -0.39 is 6.10 Å². The van der Waals surface area contributed by atoms with Crippen molar-refractivity contribution >= 4 is 5.91 Å². The number of aliphatic hydroxyl groups excluding tert-OH is 1. The number of carbonyl (C=O) groups excluding carboxylic acids is 1. The van der Waals surface area contributed by atoms with Crippen molar-refractivity contribution in [2.24, 2.45) is 0 Å². The third-order valence-corrected chi connectivity index (χ3v) is 2.27. The number of hydrogen-bond acceptors (Lipinski definition) is 3. The fourth-order valence-corrected chi connectivity index (χ4v) is 1.32. The van der Waals surface area contributed by atoms with Crippen LogP contribution in [0.15, 0.2) is 24.3 Å². The van der Waals surface area contributed by atoms with Gasteiger partial charge in [0.2, 0.25) is 0 Å². The quantitative estimate of drug-likeness (QED) is 0.779. The van der Waals surface area contributed by atoms with Crippen LogP contribution in [0.25, 0.3) is 0 Å². The topological polar surface area (TPSA) is 58.6 Å². The summed E-state index contributed by atoms with van der Waals surface area (Å²) >= 11 is 0. The van der Waals surface area contributed by atoms with Crippen molar-refractivity contribution in [1.29, 1.82) is 0 Å². The van der Waals surface area contributed by atoms with Crippen LogP contribution in [0.3, 0.4) is 0 Å². The minimum Gasteiger partial charge on any atom is -0.484 e. The second kappa shape index (κ2) is 6.91. The first-order valence-electron chi connectivity index (χ1n) is 5.78. The highest BCUT2D eigenvalue weighted by molar-refractivity contribution is 5.77. The Hall–Kier alpha value is -1.55. The molecule has 0 saturated carbocycles. The average molecular weight is 237 g/mol. The summed E-state index contributed by atoms with van der Waals surface area (Å²) in [6.07, 6.45) is 0.396. The molecule has 0 aliphatic rings. The van der Waals surface area contributed by atoms with Crippen LogP contribution in [0, 0.1) is 0 Å². The Bertz CT molecular complexity index is 363. The maximum atomic E-state index is 11.3. The molecule has 0 radical (unpaired) electrons. The monoisotopic (exact) mass is 237 g/mol. The number of benzene rings is 1. The summed E-state index contributed by atoms with van der Waals surface area (Å²) < 4.78 is 5.35. The van der Waals surface area contributed by atoms with E-state index in [0.29, 0.717) is 5.75 Å². The SMILES string of the molecule is CCc1cccc(OCC(=O)NC[C@H](C)O)c1. The van der Waals surface area contributed by atoms with Crippen LogP contribution in [0.2, 0.25) is 0 Å². The predicted molar refractivity (Wildman–Crippen MR) is 66.0 cm³/mol. The Labute approximate surface area is 102 Å². The Kier molecular flexibility index (Phi) is 5.49. The second-order valence-corrected chi connectivity index (χ2v) is 3.94. The van der Waals surface area contributed by atoms with E-state index in [2.05, 4.69) is 12.2 Å². The zero-order valence-electron chi connectivity index (χ0n) is 10.3. The summed E-state index contributed by atoms with van der Waals surface area (Å²) in [6.45, 7) is 3.90. The highest BCUT2D eigenvalue weighted by Gasteiger charge is 2.04. The molecule has 4 heteroatoms. The molecule has 0 aliphatic carbocycles. The highest BCUT2D eigenvalue weighted by Crippen LogP contribution is 2.13. The molecule has 0 aromatic heterocycles. The van der Waals surface area contributed by atoms with Crippen LogP contribution >= 0.6 is 0 Å². The van der Waals surface area contributed by atoms with E-state index in [1.807, 2.05) is 24.3 Å². The molecule has 0 unspecified atom stereocenters. The predicted octanol–water partition coefficient (Wildman–Crippen LogP) is 1.12. The minimum absolute atomic E-state index is 0.0279. The number of amides is 1. The molecule has 0 spiro atoms. The van der Waals surface area contributed by atoms with Crippen molar-refractivity contribution < 1.29 is 14.6 Å². The highest BCUT2D eigenvalue weighted by atomic mass is 16.5. The second-order valence-electron chi connectivity index (χ2n) is 3.94. The summed E-state index contributed by atoms with van der Waals surface area (Å²) in [6, 6.07) is 7.66. The number of ether oxygens (including phenoxy) is 1. The third-order valence-electron chi connectivity index (χ3n) is 2.27. The van der Waals surface area contributed by atoms with Crippen molar-refractivity contribution in [2.45, 2.75) is 26.4 Å². The molecule has 0 saturated heterocycles. The Morgan fingerprint density at radius 1 is 1.53 bits per heavy atom. The molecule has 1 rings (SSSR count). The largest absolute Gasteiger partial charge is 0.484 e. The van der Waals surface area contributed by atoms with Gasteiger partial charge in [-0.1, -0.05) is 19.1 Å². The maximum Gasteiger partial charge on any atom is 0.258 e. The third kappa shape index (κ3) is 5.36. The molecule has 0 fully saturated rings. The normalized spacial score (nSPS) is 11.9. The van der Waals surface area contributed by atoms with Gasteiger partial charge in [-0.2, -0.15) is 0 Å². The first-order valence-corrected chi connectivity index (χ1v) is 5.78. The van der Waals surface area contributed by atoms with Gasteiger partial charge in [-0.3, -0.25) is 4.79 Å². The molecule has 0 bridgehead atoms. The molecule has 2 N–H and O–H groups in total. The molecule has 1 atom stereocenters. The standard InChI is InChI=1S/C13H19NO3/c1-3-11-5-4-6-12(7-11)17-9-13(16)14-8-10(2)15/h4-7,10,15H,3,8-9H2,1-2H3,(H,14,16)/t10-/m0/s1. The minimum atomic E-state index is -0.539. The van der Waals surface area contributed by atoms with Gasteiger partial charge in [-0.15, -0.1) is 0 Å². The van der Waals surface area contributed by atoms with Gasteiger partial charge in [0.1, 0.15) is 5.75 Å². The lowest BCUT2D eigenvalue weighted by atomic mass is 10.2. The maximum absolute atomic E-state index is 11.3. The van der Waals surface area contributed by atoms with Crippen LogP contribution in [0.5, 0.6) is 5.75 Å². The van der Waals surface area contributed by atoms with E-state index in [1.165, 1.54) is 5.56 Å². The number of rotatable bonds is 6. The van der Waals surface area contributed by atoms with E-state index in [1.54, 1.807) is 6.92 Å². The average Bonchev–Trinajstić information content (AvgIpc) is 2.34. The van der Waals surface area contributed by atoms with Crippen molar-refractivity contribution in [2.75, 3.05) is 13.2 Å². The summed E-state index contributed by atoms with van der Waals surface area (Å²) in [4.78, 5) is 11.3. The molecule has 94 valence electrons. The molecule has 0 aliphatic heterocycles. The zero-order chi connectivity index (χ0) is 12.7. The van der Waals surface area contributed by atoms with E-state index >= 15 is 0 Å². The Morgan fingerprint density at radius 2 is 2.29 bits per heavy atom. The number of aliphatic hydroxyl groups is 1. The van der Waals surface area contributed by atoms with Gasteiger partial charge in [0, 0.05) is 6.54 Å². The molecule has 1 aromatic rings. The first kappa shape index (κ1) is 13.5. The lowest BCUT2D eigenvalue weighted by Crippen LogP contribution is -2.34. The molecule has 4 nitrogen and oxygen atoms in total. The molecular weight excluding hydrogens is 218 g/mol. The van der Waals surface area contributed by atoms with E-state index in [4.69, 9.17) is 9.84 Å². The molecule has 17 heavy (non-hydrogen) atoms. The lowest BCUT2D eigenvalue weighted by molar-refractivity contribution is -0.123. The summed E-state index contributed by atoms with van der Waals surface area (Å²) in [5.41, 5.74) is 1.17. The number of hydrogen-bond donors (Lipinski definition) is 2. The Balaban J connectivity index is 2.36. The van der Waals surface area contributed by atoms with Crippen molar-refractivity contribution in [3.63, 3.8) is 0 Å². The zero-order valence-corrected chi connectivity index (χ0v) is 10.3. The van der Waals surface area contributed by atoms with Crippen LogP contribution in [-0.4, -0.2) is 30.3 Å². The molecule has 1 amide bonds. The smallest absolute Gasteiger partial charge is 0.258 e. The number of aryl methyl sites for hydroxylation is 1. The first-order chi connectivity index (χ1) is 8.11. The number of nitrogens with one attached hydrogen (secondary N) is 1. The molecular formula is C13H19NO3. The van der Waals surface area contributed by atoms with Crippen LogP contribution in [0.4, 0.5) is 0 Å². The van der Waals surface area contributed by atoms with E-state index in [9.17, 15) is 4.79 Å². The fraction of sp³-hybridized carbons (Fsp3) is 0.462. The van der Waals surface area contributed by atoms with E-state index in [0.717, 1.165) is 6.42 Å². The van der Waals surface area contributed by atoms with E-state index in [-0.39, 0.29) is 19.1 Å². The van der Waals surface area contributed by atoms with Crippen LogP contribution in [0.1, 0.15) is 19.4 Å². The lowest BCUT2D eigenvalue weighted by Gasteiger charge is -2.09. The summed E-state index contributed by atoms with van der Waals surface area (Å²) in [5, 5.41) is 11.6. The van der Waals surface area contributed by atoms with Crippen LogP contribution in [-0.2, 0) is 11.2 Å². The van der Waals surface area contributed by atoms with Gasteiger partial charge in [-0.25, -0.2) is 0 Å². The van der Waals surface area contributed by atoms with Gasteiger partial charge in [0.15, 0.2) is 6.61 Å². The van der Waals surface area contributed by atoms with Gasteiger partial charge >= 0.3 is 0 Å². The summed E-state index contributed by atoms with van der Waals surface area (Å²) in [7, 11) is 0. The fourth-order valence-electron chi connectivity index (χ4n) is 1.32. The van der Waals surface area contributed by atoms with Crippen molar-refractivity contribution in [3.8, 4) is 5.75 Å². The van der Waals surface area contributed by atoms with Crippen molar-refractivity contribution in [1.82, 2.24) is 5.32 Å². The van der Waals surface area contributed by atoms with Gasteiger partial charge in [-0.05, 0) is 31.0 Å². The van der Waals surface area contributed by atoms with Gasteiger partial charge in [0.25, 0.3) is 5.91 Å². The molecule has 1 aromatic carbocycles. The molecule has 0 heterocycles. The summed E-state index contributed by atoms with van der Waals surface area (Å²) in [5.74, 6) is 0.462. The number of carbonyl (C=O) groups is 1. The van der Waals surface area contributed by atoms with Gasteiger partial charge in [0.05, 0.1) is 6.10 Å². The van der Waals surface area contributed by atoms with Crippen LogP contribution < -0.4 is 10.1 Å². The van der Waals surface area contributed by atoms with Gasteiger partial charge < -0.3 is 15.2 Å². The Morgan fingerprint density at radius 3 is 2.94 bits per heavy atom. The van der Waals surface area contributed by atoms with Crippen molar-refractivity contribution in [3.05, 3.63) is 29.8 Å².